The van der Waals surface area contributed by atoms with Gasteiger partial charge in [-0.2, -0.15) is 0 Å². The van der Waals surface area contributed by atoms with Crippen molar-refractivity contribution in [2.45, 2.75) is 41.5 Å². The van der Waals surface area contributed by atoms with Gasteiger partial charge in [-0.1, -0.05) is 74.5 Å². The molecule has 0 aliphatic rings. The number of pyridine rings is 4. The van der Waals surface area contributed by atoms with Crippen molar-refractivity contribution in [1.82, 2.24) is 19.9 Å². The second-order valence-corrected chi connectivity index (χ2v) is 16.1. The average Bonchev–Trinajstić information content (AvgIpc) is 3.59. The number of carboxylic acids is 2. The number of nitrogens with zero attached hydrogens (tertiary/aromatic N) is 4. The van der Waals surface area contributed by atoms with Gasteiger partial charge in [0.2, 0.25) is 0 Å². The van der Waals surface area contributed by atoms with Crippen LogP contribution in [0.2, 0.25) is 0 Å². The zero-order valence-corrected chi connectivity index (χ0v) is 48.2. The topological polar surface area (TPSA) is 145 Å². The standard InChI is InChI=1S/C24H20N2O.C24H18N2O.C18H2.2C2H4O2.2Pd/c2*1-17-11-19(23-7-3-5-9-25-23)15-21(13-17)27-22-14-18(2)12-20(16-22)24-8-4-6-10-26-24;1-3-5-7-9-11-13-15-17-18-16-14-12-10-8-6-4-2;2*1-2(3)4;;/h3-16H,1-2H3;3-14H,1-2H3;1-2H;2*1H3,(H,3,4);;/q;-2;;;;;+2. The van der Waals surface area contributed by atoms with Crippen LogP contribution in [0.15, 0.2) is 158 Å². The van der Waals surface area contributed by atoms with Gasteiger partial charge in [0.05, 0.1) is 11.4 Å². The number of carbonyl (C=O) groups is 2. The van der Waals surface area contributed by atoms with E-state index in [-0.39, 0.29) is 40.8 Å². The first-order chi connectivity index (χ1) is 38.7. The van der Waals surface area contributed by atoms with Crippen molar-refractivity contribution in [2.75, 3.05) is 0 Å². The molecule has 8 rings (SSSR count). The van der Waals surface area contributed by atoms with Gasteiger partial charge in [-0.05, 0) is 204 Å². The monoisotopic (exact) mass is 1250 g/mol. The molecule has 0 amide bonds. The van der Waals surface area contributed by atoms with E-state index in [2.05, 4.69) is 165 Å². The number of carboxylic acid groups (broad SMARTS) is 2. The van der Waals surface area contributed by atoms with Crippen LogP contribution in [-0.4, -0.2) is 42.1 Å². The summed E-state index contributed by atoms with van der Waals surface area (Å²) in [6.07, 6.45) is 16.9. The van der Waals surface area contributed by atoms with Crippen LogP contribution >= 0.6 is 0 Å². The van der Waals surface area contributed by atoms with E-state index >= 15 is 0 Å². The minimum absolute atomic E-state index is 0. The molecule has 82 heavy (non-hydrogen) atoms. The first-order valence-electron chi connectivity index (χ1n) is 23.9. The molecule has 10 nitrogen and oxygen atoms in total. The van der Waals surface area contributed by atoms with Crippen LogP contribution in [0.4, 0.5) is 0 Å². The fourth-order valence-corrected chi connectivity index (χ4v) is 6.47. The number of ether oxygens (including phenoxy) is 2. The minimum atomic E-state index is -0.833. The van der Waals surface area contributed by atoms with Gasteiger partial charge in [0, 0.05) is 81.7 Å². The number of benzene rings is 4. The number of aliphatic carboxylic acids is 2. The maximum Gasteiger partial charge on any atom is 2.00 e. The predicted molar refractivity (Wildman–Crippen MR) is 314 cm³/mol. The Hall–Kier alpha value is -10.6. The molecule has 2 N–H and O–H groups in total. The molecular formula is C70H48N4O6Pd2. The summed E-state index contributed by atoms with van der Waals surface area (Å²) in [5.41, 5.74) is 11.9. The first-order valence-corrected chi connectivity index (χ1v) is 23.9. The molecular weight excluding hydrogens is 1210 g/mol. The van der Waals surface area contributed by atoms with Gasteiger partial charge >= 0.3 is 20.4 Å². The van der Waals surface area contributed by atoms with E-state index in [9.17, 15) is 0 Å². The third-order valence-corrected chi connectivity index (χ3v) is 9.29. The van der Waals surface area contributed by atoms with Gasteiger partial charge in [0.15, 0.2) is 0 Å². The fourth-order valence-electron chi connectivity index (χ4n) is 6.47. The first kappa shape index (κ1) is 67.5. The van der Waals surface area contributed by atoms with Gasteiger partial charge < -0.3 is 29.7 Å². The summed E-state index contributed by atoms with van der Waals surface area (Å²) in [5, 5.41) is 14.8. The van der Waals surface area contributed by atoms with Crippen molar-refractivity contribution >= 4 is 11.9 Å². The van der Waals surface area contributed by atoms with E-state index in [1.54, 1.807) is 24.8 Å². The molecule has 404 valence electrons. The Balaban J connectivity index is 0.000000397. The van der Waals surface area contributed by atoms with Crippen LogP contribution in [0.25, 0.3) is 45.0 Å². The van der Waals surface area contributed by atoms with E-state index in [0.717, 1.165) is 92.6 Å². The largest absolute Gasteiger partial charge is 2.00 e. The molecule has 0 saturated carbocycles. The van der Waals surface area contributed by atoms with Crippen LogP contribution in [0, 0.1) is 147 Å². The maximum atomic E-state index is 9.00. The van der Waals surface area contributed by atoms with Gasteiger partial charge in [-0.25, -0.2) is 0 Å². The molecule has 4 aromatic carbocycles. The molecule has 4 aromatic heterocycles. The van der Waals surface area contributed by atoms with E-state index in [0.29, 0.717) is 11.5 Å². The SMILES string of the molecule is C#CC#CC#CC#CC#CC#CC#CC#CC#C.CC(=O)O.CC(=O)O.Cc1cc(Oc2[c-]c(-c3ccccn3)cc(C)c2)[c-]c(-c2ccccn2)c1.Cc1cc(Oc2cc(C)cc(-c3ccccn3)c2)cc(-c2ccccn2)c1.[Pd+2].[Pd]. The van der Waals surface area contributed by atoms with E-state index in [1.807, 2.05) is 123 Å². The molecule has 8 aromatic rings. The Morgan fingerprint density at radius 3 is 0.976 bits per heavy atom. The molecule has 0 unspecified atom stereocenters. The molecule has 0 aliphatic heterocycles. The molecule has 0 spiro atoms. The average molecular weight is 1250 g/mol. The van der Waals surface area contributed by atoms with Crippen LogP contribution in [-0.2, 0) is 50.4 Å². The van der Waals surface area contributed by atoms with Crippen LogP contribution < -0.4 is 9.47 Å². The summed E-state index contributed by atoms with van der Waals surface area (Å²) < 4.78 is 12.3. The minimum Gasteiger partial charge on any atom is -0.497 e. The molecule has 12 heteroatoms. The van der Waals surface area contributed by atoms with Crippen molar-refractivity contribution in [3.63, 3.8) is 0 Å². The number of aromatic nitrogens is 4. The molecule has 0 aliphatic carbocycles. The van der Waals surface area contributed by atoms with Crippen molar-refractivity contribution in [3.05, 3.63) is 193 Å². The molecule has 0 fully saturated rings. The summed E-state index contributed by atoms with van der Waals surface area (Å²) in [6, 6.07) is 50.5. The Bertz CT molecular complexity index is 3540. The normalized spacial score (nSPS) is 8.39. The smallest absolute Gasteiger partial charge is 0.497 e. The van der Waals surface area contributed by atoms with E-state index < -0.39 is 11.9 Å². The van der Waals surface area contributed by atoms with Crippen molar-refractivity contribution in [2.24, 2.45) is 0 Å². The van der Waals surface area contributed by atoms with Gasteiger partial charge in [-0.15, -0.1) is 47.2 Å². The number of terminal acetylenes is 2. The van der Waals surface area contributed by atoms with E-state index in [1.165, 1.54) is 0 Å². The van der Waals surface area contributed by atoms with Crippen LogP contribution in [0.5, 0.6) is 23.0 Å². The summed E-state index contributed by atoms with van der Waals surface area (Å²) in [4.78, 5) is 35.7. The predicted octanol–water partition coefficient (Wildman–Crippen LogP) is 12.5. The maximum absolute atomic E-state index is 9.00. The molecule has 0 radical (unpaired) electrons. The number of hydrogen-bond donors (Lipinski definition) is 2. The fraction of sp³-hybridized carbons (Fsp3) is 0.0857. The van der Waals surface area contributed by atoms with Gasteiger partial charge in [-0.3, -0.25) is 19.6 Å². The zero-order valence-electron chi connectivity index (χ0n) is 45.1. The van der Waals surface area contributed by atoms with E-state index in [4.69, 9.17) is 42.1 Å². The Morgan fingerprint density at radius 1 is 0.415 bits per heavy atom. The number of aryl methyl sites for hydroxylation is 4. The Kier molecular flexibility index (Phi) is 32.0. The summed E-state index contributed by atoms with van der Waals surface area (Å²) in [7, 11) is 0. The molecule has 0 bridgehead atoms. The number of rotatable bonds is 8. The van der Waals surface area contributed by atoms with Gasteiger partial charge in [0.1, 0.15) is 11.5 Å². The van der Waals surface area contributed by atoms with Crippen LogP contribution in [0.1, 0.15) is 36.1 Å². The second-order valence-electron chi connectivity index (χ2n) is 16.1. The van der Waals surface area contributed by atoms with Crippen molar-refractivity contribution in [3.8, 4) is 176 Å². The summed E-state index contributed by atoms with van der Waals surface area (Å²) in [5.74, 6) is 39.5. The Morgan fingerprint density at radius 2 is 0.695 bits per heavy atom. The van der Waals surface area contributed by atoms with Gasteiger partial charge in [0.25, 0.3) is 11.9 Å². The third-order valence-electron chi connectivity index (χ3n) is 9.29. The second kappa shape index (κ2) is 38.9. The molecule has 0 atom stereocenters. The third kappa shape index (κ3) is 27.6. The summed E-state index contributed by atoms with van der Waals surface area (Å²) in [6.45, 7) is 10.4. The number of hydrogen-bond acceptors (Lipinski definition) is 8. The molecule has 4 heterocycles. The summed E-state index contributed by atoms with van der Waals surface area (Å²) >= 11 is 0. The van der Waals surface area contributed by atoms with Crippen molar-refractivity contribution in [1.29, 1.82) is 0 Å². The Labute approximate surface area is 508 Å². The zero-order chi connectivity index (χ0) is 57.7. The quantitative estimate of drug-likeness (QED) is 0.0857. The van der Waals surface area contributed by atoms with Crippen LogP contribution in [0.3, 0.4) is 0 Å². The molecule has 0 saturated heterocycles. The van der Waals surface area contributed by atoms with Crippen molar-refractivity contribution < 1.29 is 70.1 Å².